The number of nitrogens with zero attached hydrogens (tertiary/aromatic N) is 3. The number of nitrogens with one attached hydrogen (secondary N) is 2. The van der Waals surface area contributed by atoms with Gasteiger partial charge >= 0.3 is 6.03 Å². The van der Waals surface area contributed by atoms with E-state index in [9.17, 15) is 14.4 Å². The van der Waals surface area contributed by atoms with E-state index in [0.717, 1.165) is 24.2 Å². The summed E-state index contributed by atoms with van der Waals surface area (Å²) in [7, 11) is 1.55. The molecule has 4 aromatic rings. The Balaban J connectivity index is 1.25. The molecular weight excluding hydrogens is 561 g/mol. The summed E-state index contributed by atoms with van der Waals surface area (Å²) >= 11 is 1.15. The summed E-state index contributed by atoms with van der Waals surface area (Å²) in [4.78, 5) is 47.6. The Morgan fingerprint density at radius 2 is 1.98 bits per heavy atom. The molecule has 4 amide bonds. The number of carbonyl (C=O) groups is 3. The topological polar surface area (TPSA) is 113 Å². The summed E-state index contributed by atoms with van der Waals surface area (Å²) < 4.78 is 26.2. The third-order valence-corrected chi connectivity index (χ3v) is 8.32. The van der Waals surface area contributed by atoms with Crippen LogP contribution in [-0.4, -0.2) is 60.6 Å². The normalized spacial score (nSPS) is 16.3. The van der Waals surface area contributed by atoms with E-state index < -0.39 is 11.8 Å². The van der Waals surface area contributed by atoms with Gasteiger partial charge in [-0.3, -0.25) is 14.5 Å². The number of rotatable bonds is 8. The van der Waals surface area contributed by atoms with Crippen LogP contribution in [0.25, 0.3) is 10.2 Å². The number of piperidine rings is 1. The third-order valence-electron chi connectivity index (χ3n) is 7.22. The zero-order chi connectivity index (χ0) is 29.2. The van der Waals surface area contributed by atoms with E-state index in [1.165, 1.54) is 23.2 Å². The Morgan fingerprint density at radius 1 is 1.14 bits per heavy atom. The first-order valence-electron chi connectivity index (χ1n) is 13.6. The summed E-state index contributed by atoms with van der Waals surface area (Å²) in [5, 5.41) is 6.37. The molecule has 0 bridgehead atoms. The monoisotopic (exact) mass is 589 g/mol. The number of methoxy groups -OCH3 is 1. The summed E-state index contributed by atoms with van der Waals surface area (Å²) in [5.74, 6) is -0.180. The number of para-hydroxylation sites is 1. The fraction of sp³-hybridized carbons (Fsp3) is 0.267. The highest BCUT2D eigenvalue weighted by molar-refractivity contribution is 7.21. The van der Waals surface area contributed by atoms with Gasteiger partial charge < -0.3 is 25.0 Å². The molecule has 4 heterocycles. The lowest BCUT2D eigenvalue weighted by atomic mass is 10.0. The number of carbonyl (C=O) groups excluding carboxylic acids is 3. The molecule has 1 fully saturated rings. The van der Waals surface area contributed by atoms with Gasteiger partial charge in [-0.15, -0.1) is 11.3 Å². The maximum Gasteiger partial charge on any atom is 0.331 e. The molecular formula is C30H28FN5O5S. The molecule has 42 heavy (non-hydrogen) atoms. The smallest absolute Gasteiger partial charge is 0.331 e. The molecule has 2 aliphatic heterocycles. The number of urea groups is 1. The lowest BCUT2D eigenvalue weighted by Crippen LogP contribution is -2.49. The average molecular weight is 590 g/mol. The number of pyridine rings is 1. The summed E-state index contributed by atoms with van der Waals surface area (Å²) in [6.07, 6.45) is 3.31. The molecule has 0 saturated carbocycles. The van der Waals surface area contributed by atoms with E-state index in [2.05, 4.69) is 15.6 Å². The molecule has 2 N–H and O–H groups in total. The van der Waals surface area contributed by atoms with Crippen molar-refractivity contribution in [1.29, 1.82) is 0 Å². The minimum Gasteiger partial charge on any atom is -0.457 e. The molecule has 2 aromatic carbocycles. The first-order chi connectivity index (χ1) is 20.4. The van der Waals surface area contributed by atoms with E-state index >= 15 is 4.39 Å². The van der Waals surface area contributed by atoms with Gasteiger partial charge in [0.2, 0.25) is 5.91 Å². The molecule has 6 rings (SSSR count). The Hall–Kier alpha value is -4.55. The van der Waals surface area contributed by atoms with Crippen LogP contribution in [0, 0.1) is 5.82 Å². The van der Waals surface area contributed by atoms with Gasteiger partial charge in [0.25, 0.3) is 5.91 Å². The molecule has 2 aromatic heterocycles. The molecule has 1 atom stereocenters. The second kappa shape index (κ2) is 11.7. The number of anilines is 3. The summed E-state index contributed by atoms with van der Waals surface area (Å²) in [6.45, 7) is 1.39. The molecule has 1 saturated heterocycles. The lowest BCUT2D eigenvalue weighted by molar-refractivity contribution is -0.133. The Bertz CT molecular complexity index is 1660. The van der Waals surface area contributed by atoms with Crippen LogP contribution < -0.4 is 20.3 Å². The number of aromatic nitrogens is 1. The quantitative estimate of drug-likeness (QED) is 0.274. The van der Waals surface area contributed by atoms with Gasteiger partial charge in [-0.1, -0.05) is 18.2 Å². The Kier molecular flexibility index (Phi) is 7.72. The Labute approximate surface area is 245 Å². The van der Waals surface area contributed by atoms with Gasteiger partial charge in [0.05, 0.1) is 35.5 Å². The predicted molar refractivity (Wildman–Crippen MR) is 157 cm³/mol. The van der Waals surface area contributed by atoms with Gasteiger partial charge in [0.1, 0.15) is 21.2 Å². The summed E-state index contributed by atoms with van der Waals surface area (Å²) in [6, 6.07) is 14.1. The third kappa shape index (κ3) is 5.38. The van der Waals surface area contributed by atoms with Crippen LogP contribution in [0.4, 0.5) is 26.2 Å². The van der Waals surface area contributed by atoms with Crippen molar-refractivity contribution >= 4 is 56.5 Å². The second-order valence-electron chi connectivity index (χ2n) is 10.0. The van der Waals surface area contributed by atoms with Crippen molar-refractivity contribution in [1.82, 2.24) is 15.2 Å². The first kappa shape index (κ1) is 27.6. The number of hydrogen-bond acceptors (Lipinski definition) is 7. The predicted octanol–water partition coefficient (Wildman–Crippen LogP) is 5.67. The Morgan fingerprint density at radius 3 is 2.76 bits per heavy atom. The van der Waals surface area contributed by atoms with Crippen LogP contribution in [0.3, 0.4) is 0 Å². The van der Waals surface area contributed by atoms with Gasteiger partial charge in [-0.25, -0.2) is 14.2 Å². The molecule has 2 aliphatic rings. The SMILES string of the molecule is COCCC(=O)N1CCC[C@@H](NC(=O)c2sc3nccc4c3c2NC(=O)N4c2ccc(Oc3ccccc3)cc2F)C1. The van der Waals surface area contributed by atoms with Crippen LogP contribution in [0.2, 0.25) is 0 Å². The van der Waals surface area contributed by atoms with Gasteiger partial charge in [0, 0.05) is 38.5 Å². The zero-order valence-corrected chi connectivity index (χ0v) is 23.6. The van der Waals surface area contributed by atoms with Crippen LogP contribution >= 0.6 is 11.3 Å². The largest absolute Gasteiger partial charge is 0.457 e. The molecule has 0 spiro atoms. The van der Waals surface area contributed by atoms with Crippen molar-refractivity contribution in [3.05, 3.63) is 71.5 Å². The fourth-order valence-electron chi connectivity index (χ4n) is 5.26. The number of ether oxygens (including phenoxy) is 2. The van der Waals surface area contributed by atoms with Crippen molar-refractivity contribution in [3.8, 4) is 11.5 Å². The van der Waals surface area contributed by atoms with E-state index in [-0.39, 0.29) is 35.7 Å². The van der Waals surface area contributed by atoms with Gasteiger partial charge in [0.15, 0.2) is 5.82 Å². The van der Waals surface area contributed by atoms with Crippen molar-refractivity contribution in [3.63, 3.8) is 0 Å². The maximum absolute atomic E-state index is 15.4. The number of benzene rings is 2. The minimum absolute atomic E-state index is 0.0131. The fourth-order valence-corrected chi connectivity index (χ4v) is 6.28. The van der Waals surface area contributed by atoms with E-state index in [0.29, 0.717) is 51.9 Å². The molecule has 0 aliphatic carbocycles. The van der Waals surface area contributed by atoms with Crippen LogP contribution in [0.5, 0.6) is 11.5 Å². The zero-order valence-electron chi connectivity index (χ0n) is 22.8. The summed E-state index contributed by atoms with van der Waals surface area (Å²) in [5.41, 5.74) is 0.783. The van der Waals surface area contributed by atoms with E-state index in [4.69, 9.17) is 9.47 Å². The van der Waals surface area contributed by atoms with Gasteiger partial charge in [-0.05, 0) is 43.2 Å². The number of hydrogen-bond donors (Lipinski definition) is 2. The number of thiophene rings is 1. The van der Waals surface area contributed by atoms with Crippen LogP contribution in [0.1, 0.15) is 28.9 Å². The van der Waals surface area contributed by atoms with Crippen molar-refractivity contribution in [2.75, 3.05) is 37.0 Å². The van der Waals surface area contributed by atoms with Gasteiger partial charge in [-0.2, -0.15) is 0 Å². The standard InChI is InChI=1S/C30H28FN5O5S/c1-40-15-12-24(37)35-14-5-6-18(17-35)33-28(38)27-26-25-23(11-13-32-29(25)42-27)36(30(39)34-26)22-10-9-20(16-21(22)31)41-19-7-3-2-4-8-19/h2-4,7-11,13,16,18H,5-6,12,14-15,17H2,1H3,(H,33,38)(H,34,39)/t18-/m1/s1. The number of likely N-dealkylation sites (tertiary alicyclic amines) is 1. The van der Waals surface area contributed by atoms with E-state index in [1.807, 2.05) is 18.2 Å². The average Bonchev–Trinajstić information content (AvgIpc) is 3.37. The number of halogens is 1. The minimum atomic E-state index is -0.651. The first-order valence-corrected chi connectivity index (χ1v) is 14.4. The second-order valence-corrected chi connectivity index (χ2v) is 11.0. The van der Waals surface area contributed by atoms with E-state index in [1.54, 1.807) is 36.3 Å². The van der Waals surface area contributed by atoms with Crippen molar-refractivity contribution in [2.45, 2.75) is 25.3 Å². The highest BCUT2D eigenvalue weighted by Gasteiger charge is 2.35. The van der Waals surface area contributed by atoms with Crippen LogP contribution in [-0.2, 0) is 9.53 Å². The van der Waals surface area contributed by atoms with Crippen molar-refractivity contribution < 1.29 is 28.2 Å². The van der Waals surface area contributed by atoms with Crippen molar-refractivity contribution in [2.24, 2.45) is 0 Å². The number of amides is 4. The molecule has 12 heteroatoms. The molecule has 0 radical (unpaired) electrons. The maximum atomic E-state index is 15.4. The highest BCUT2D eigenvalue weighted by atomic mass is 32.1. The molecule has 0 unspecified atom stereocenters. The molecule has 216 valence electrons. The van der Waals surface area contributed by atoms with Crippen LogP contribution in [0.15, 0.2) is 60.8 Å². The lowest BCUT2D eigenvalue weighted by Gasteiger charge is -2.33. The highest BCUT2D eigenvalue weighted by Crippen LogP contribution is 2.46. The molecule has 10 nitrogen and oxygen atoms in total.